The van der Waals surface area contributed by atoms with Crippen molar-refractivity contribution in [2.75, 3.05) is 26.3 Å². The van der Waals surface area contributed by atoms with E-state index in [4.69, 9.17) is 4.74 Å². The average Bonchev–Trinajstić information content (AvgIpc) is 2.57. The number of hydrogen-bond donors (Lipinski definition) is 2. The molecule has 2 atom stereocenters. The maximum atomic E-state index is 5.33. The van der Waals surface area contributed by atoms with Crippen molar-refractivity contribution in [1.82, 2.24) is 10.6 Å². The average molecular weight is 242 g/mol. The van der Waals surface area contributed by atoms with E-state index in [0.717, 1.165) is 32.2 Å². The predicted molar refractivity (Wildman–Crippen MR) is 73.5 cm³/mol. The summed E-state index contributed by atoms with van der Waals surface area (Å²) in [6, 6.07) is 1.35. The molecule has 1 rings (SSSR count). The molecule has 1 fully saturated rings. The van der Waals surface area contributed by atoms with Crippen molar-refractivity contribution in [1.29, 1.82) is 0 Å². The monoisotopic (exact) mass is 242 g/mol. The highest BCUT2D eigenvalue weighted by atomic mass is 16.5. The molecule has 1 saturated heterocycles. The fourth-order valence-corrected chi connectivity index (χ4v) is 2.48. The van der Waals surface area contributed by atoms with Gasteiger partial charge in [-0.1, -0.05) is 12.8 Å². The molecule has 0 aromatic carbocycles. The molecule has 2 N–H and O–H groups in total. The van der Waals surface area contributed by atoms with Gasteiger partial charge in [-0.25, -0.2) is 0 Å². The lowest BCUT2D eigenvalue weighted by Crippen LogP contribution is -2.37. The first-order chi connectivity index (χ1) is 8.33. The quantitative estimate of drug-likeness (QED) is 0.641. The lowest BCUT2D eigenvalue weighted by molar-refractivity contribution is 0.144. The van der Waals surface area contributed by atoms with Crippen LogP contribution in [0.3, 0.4) is 0 Å². The molecule has 0 bridgehead atoms. The van der Waals surface area contributed by atoms with E-state index in [0.29, 0.717) is 6.04 Å². The molecule has 0 radical (unpaired) electrons. The van der Waals surface area contributed by atoms with Gasteiger partial charge >= 0.3 is 0 Å². The van der Waals surface area contributed by atoms with Gasteiger partial charge in [-0.15, -0.1) is 0 Å². The SMILES string of the molecule is CCOCCCNC(C)CC1CCCCCN1. The van der Waals surface area contributed by atoms with Crippen LogP contribution in [0.5, 0.6) is 0 Å². The number of rotatable bonds is 8. The molecule has 3 heteroatoms. The molecule has 3 nitrogen and oxygen atoms in total. The Kier molecular flexibility index (Phi) is 8.67. The molecule has 0 saturated carbocycles. The van der Waals surface area contributed by atoms with Crippen LogP contribution >= 0.6 is 0 Å². The molecule has 0 aromatic rings. The maximum absolute atomic E-state index is 5.33. The van der Waals surface area contributed by atoms with E-state index < -0.39 is 0 Å². The Morgan fingerprint density at radius 3 is 3.06 bits per heavy atom. The Bertz CT molecular complexity index is 168. The topological polar surface area (TPSA) is 33.3 Å². The van der Waals surface area contributed by atoms with Crippen LogP contribution in [0.15, 0.2) is 0 Å². The number of ether oxygens (including phenoxy) is 1. The zero-order valence-corrected chi connectivity index (χ0v) is 11.6. The summed E-state index contributed by atoms with van der Waals surface area (Å²) >= 11 is 0. The second-order valence-electron chi connectivity index (χ2n) is 5.14. The molecule has 2 unspecified atom stereocenters. The summed E-state index contributed by atoms with van der Waals surface area (Å²) < 4.78 is 5.33. The largest absolute Gasteiger partial charge is 0.382 e. The van der Waals surface area contributed by atoms with E-state index in [1.807, 2.05) is 6.92 Å². The van der Waals surface area contributed by atoms with Gasteiger partial charge in [0.25, 0.3) is 0 Å². The van der Waals surface area contributed by atoms with Gasteiger partial charge in [0.1, 0.15) is 0 Å². The highest BCUT2D eigenvalue weighted by Gasteiger charge is 2.14. The lowest BCUT2D eigenvalue weighted by Gasteiger charge is -2.21. The minimum Gasteiger partial charge on any atom is -0.382 e. The van der Waals surface area contributed by atoms with Gasteiger partial charge in [0.05, 0.1) is 0 Å². The molecule has 0 spiro atoms. The Balaban J connectivity index is 2.00. The van der Waals surface area contributed by atoms with Gasteiger partial charge in [0.2, 0.25) is 0 Å². The van der Waals surface area contributed by atoms with E-state index in [9.17, 15) is 0 Å². The van der Waals surface area contributed by atoms with Crippen LogP contribution in [0, 0.1) is 0 Å². The van der Waals surface area contributed by atoms with E-state index in [1.165, 1.54) is 38.6 Å². The molecule has 0 amide bonds. The van der Waals surface area contributed by atoms with Crippen LogP contribution in [0.4, 0.5) is 0 Å². The number of nitrogens with one attached hydrogen (secondary N) is 2. The van der Waals surface area contributed by atoms with Gasteiger partial charge in [0.15, 0.2) is 0 Å². The van der Waals surface area contributed by atoms with Crippen LogP contribution in [-0.2, 0) is 4.74 Å². The second kappa shape index (κ2) is 9.86. The van der Waals surface area contributed by atoms with Crippen LogP contribution in [0.1, 0.15) is 52.4 Å². The molecule has 0 aliphatic carbocycles. The van der Waals surface area contributed by atoms with Gasteiger partial charge < -0.3 is 15.4 Å². The summed E-state index contributed by atoms with van der Waals surface area (Å²) in [5, 5.41) is 7.25. The molecule has 1 aliphatic heterocycles. The fraction of sp³-hybridized carbons (Fsp3) is 1.00. The highest BCUT2D eigenvalue weighted by Crippen LogP contribution is 2.12. The van der Waals surface area contributed by atoms with E-state index in [2.05, 4.69) is 17.6 Å². The summed E-state index contributed by atoms with van der Waals surface area (Å²) in [4.78, 5) is 0. The van der Waals surface area contributed by atoms with Crippen molar-refractivity contribution in [2.45, 2.75) is 64.5 Å². The van der Waals surface area contributed by atoms with Gasteiger partial charge in [0, 0.05) is 25.3 Å². The van der Waals surface area contributed by atoms with E-state index in [-0.39, 0.29) is 0 Å². The van der Waals surface area contributed by atoms with Gasteiger partial charge in [-0.05, 0) is 52.6 Å². The van der Waals surface area contributed by atoms with E-state index >= 15 is 0 Å². The molecule has 0 aromatic heterocycles. The minimum atomic E-state index is 0.618. The smallest absolute Gasteiger partial charge is 0.0477 e. The van der Waals surface area contributed by atoms with Crippen molar-refractivity contribution >= 4 is 0 Å². The Hall–Kier alpha value is -0.120. The summed E-state index contributed by atoms with van der Waals surface area (Å²) in [6.45, 7) is 8.36. The van der Waals surface area contributed by atoms with Crippen molar-refractivity contribution in [2.24, 2.45) is 0 Å². The third kappa shape index (κ3) is 7.74. The van der Waals surface area contributed by atoms with Gasteiger partial charge in [-0.2, -0.15) is 0 Å². The summed E-state index contributed by atoms with van der Waals surface area (Å²) in [6.07, 6.45) is 7.89. The zero-order valence-electron chi connectivity index (χ0n) is 11.6. The maximum Gasteiger partial charge on any atom is 0.0477 e. The van der Waals surface area contributed by atoms with Crippen LogP contribution in [0.25, 0.3) is 0 Å². The highest BCUT2D eigenvalue weighted by molar-refractivity contribution is 4.75. The van der Waals surface area contributed by atoms with Crippen molar-refractivity contribution in [3.05, 3.63) is 0 Å². The Labute approximate surface area is 107 Å². The summed E-state index contributed by atoms with van der Waals surface area (Å²) in [5.74, 6) is 0. The summed E-state index contributed by atoms with van der Waals surface area (Å²) in [7, 11) is 0. The zero-order chi connectivity index (χ0) is 12.3. The number of hydrogen-bond acceptors (Lipinski definition) is 3. The minimum absolute atomic E-state index is 0.618. The molecule has 1 heterocycles. The van der Waals surface area contributed by atoms with E-state index in [1.54, 1.807) is 0 Å². The standard InChI is InChI=1S/C14H30N2O/c1-3-17-11-7-10-15-13(2)12-14-8-5-4-6-9-16-14/h13-16H,3-12H2,1-2H3. The second-order valence-corrected chi connectivity index (χ2v) is 5.14. The van der Waals surface area contributed by atoms with Crippen LogP contribution < -0.4 is 10.6 Å². The lowest BCUT2D eigenvalue weighted by atomic mass is 10.0. The normalized spacial score (nSPS) is 23.3. The predicted octanol–water partition coefficient (Wildman–Crippen LogP) is 2.31. The first-order valence-corrected chi connectivity index (χ1v) is 7.37. The van der Waals surface area contributed by atoms with Crippen LogP contribution in [0.2, 0.25) is 0 Å². The molecule has 1 aliphatic rings. The third-order valence-corrected chi connectivity index (χ3v) is 3.46. The molecule has 102 valence electrons. The first kappa shape index (κ1) is 14.9. The third-order valence-electron chi connectivity index (χ3n) is 3.46. The Morgan fingerprint density at radius 2 is 2.24 bits per heavy atom. The Morgan fingerprint density at radius 1 is 1.35 bits per heavy atom. The van der Waals surface area contributed by atoms with Crippen LogP contribution in [-0.4, -0.2) is 38.4 Å². The molecular weight excluding hydrogens is 212 g/mol. The van der Waals surface area contributed by atoms with Crippen molar-refractivity contribution in [3.63, 3.8) is 0 Å². The fourth-order valence-electron chi connectivity index (χ4n) is 2.48. The molecule has 17 heavy (non-hydrogen) atoms. The van der Waals surface area contributed by atoms with Crippen molar-refractivity contribution in [3.8, 4) is 0 Å². The molecular formula is C14H30N2O. The van der Waals surface area contributed by atoms with Crippen molar-refractivity contribution < 1.29 is 4.74 Å². The first-order valence-electron chi connectivity index (χ1n) is 7.37. The summed E-state index contributed by atoms with van der Waals surface area (Å²) in [5.41, 5.74) is 0. The van der Waals surface area contributed by atoms with Gasteiger partial charge in [-0.3, -0.25) is 0 Å².